The lowest BCUT2D eigenvalue weighted by Crippen LogP contribution is -2.48. The van der Waals surface area contributed by atoms with Crippen LogP contribution >= 0.6 is 0 Å². The third-order valence-corrected chi connectivity index (χ3v) is 6.25. The molecule has 0 radical (unpaired) electrons. The summed E-state index contributed by atoms with van der Waals surface area (Å²) >= 11 is 0. The number of carbonyl (C=O) groups excluding carboxylic acids is 2. The number of hydrogen-bond acceptors (Lipinski definition) is 5. The first-order chi connectivity index (χ1) is 16.4. The van der Waals surface area contributed by atoms with Gasteiger partial charge in [-0.2, -0.15) is 5.26 Å². The highest BCUT2D eigenvalue weighted by Crippen LogP contribution is 2.37. The number of rotatable bonds is 7. The molecule has 0 aliphatic heterocycles. The van der Waals surface area contributed by atoms with Crippen LogP contribution in [0, 0.1) is 16.7 Å². The zero-order chi connectivity index (χ0) is 24.1. The number of nitrogens with one attached hydrogen (secondary N) is 2. The number of nitriles is 1. The van der Waals surface area contributed by atoms with Crippen molar-refractivity contribution in [2.45, 2.75) is 38.1 Å². The third-order valence-electron chi connectivity index (χ3n) is 6.25. The second-order valence-electron chi connectivity index (χ2n) is 8.50. The molecule has 0 spiro atoms. The van der Waals surface area contributed by atoms with Gasteiger partial charge in [0.05, 0.1) is 17.1 Å². The Morgan fingerprint density at radius 2 is 1.76 bits per heavy atom. The summed E-state index contributed by atoms with van der Waals surface area (Å²) < 4.78 is 0. The SMILES string of the molecule is N#CC1(C(=O)N[C@@H](Cc2ccc(NC(=O)c3ccnc4ccccc34)cc2)C(=O)O)CCCC1. The standard InChI is InChI=1S/C26H24N4O4/c27-16-26(12-3-4-13-26)25(34)30-22(24(32)33)15-17-7-9-18(10-8-17)29-23(31)20-11-14-28-21-6-2-1-5-19(20)21/h1-2,5-11,14,22H,3-4,12-13,15H2,(H,29,31)(H,30,34)(H,32,33)/t22-/m0/s1. The number of carbonyl (C=O) groups is 3. The molecule has 3 N–H and O–H groups in total. The van der Waals surface area contributed by atoms with E-state index in [0.29, 0.717) is 29.7 Å². The Hall–Kier alpha value is -4.25. The molecular weight excluding hydrogens is 432 g/mol. The van der Waals surface area contributed by atoms with Gasteiger partial charge in [-0.05, 0) is 42.7 Å². The maximum absolute atomic E-state index is 12.8. The molecule has 1 fully saturated rings. The zero-order valence-electron chi connectivity index (χ0n) is 18.5. The van der Waals surface area contributed by atoms with Gasteiger partial charge in [0, 0.05) is 23.7 Å². The molecule has 1 saturated carbocycles. The van der Waals surface area contributed by atoms with E-state index in [0.717, 1.165) is 23.7 Å². The minimum atomic E-state index is -1.17. The van der Waals surface area contributed by atoms with E-state index in [1.54, 1.807) is 36.5 Å². The lowest BCUT2D eigenvalue weighted by atomic mass is 9.86. The second-order valence-corrected chi connectivity index (χ2v) is 8.50. The van der Waals surface area contributed by atoms with Gasteiger partial charge in [0.2, 0.25) is 5.91 Å². The number of pyridine rings is 1. The average molecular weight is 457 g/mol. The van der Waals surface area contributed by atoms with E-state index in [-0.39, 0.29) is 12.3 Å². The predicted octanol–water partition coefficient (Wildman–Crippen LogP) is 3.68. The summed E-state index contributed by atoms with van der Waals surface area (Å²) in [4.78, 5) is 41.5. The molecule has 8 heteroatoms. The van der Waals surface area contributed by atoms with Gasteiger partial charge in [-0.15, -0.1) is 0 Å². The van der Waals surface area contributed by atoms with Crippen molar-refractivity contribution < 1.29 is 19.5 Å². The second kappa shape index (κ2) is 9.71. The number of anilines is 1. The topological polar surface area (TPSA) is 132 Å². The molecule has 0 bridgehead atoms. The van der Waals surface area contributed by atoms with Crippen LogP contribution in [-0.4, -0.2) is 33.9 Å². The van der Waals surface area contributed by atoms with E-state index in [2.05, 4.69) is 21.7 Å². The first kappa shape index (κ1) is 22.9. The quantitative estimate of drug-likeness (QED) is 0.497. The van der Waals surface area contributed by atoms with Crippen LogP contribution in [0.5, 0.6) is 0 Å². The molecule has 1 aromatic heterocycles. The monoisotopic (exact) mass is 456 g/mol. The molecular formula is C26H24N4O4. The van der Waals surface area contributed by atoms with Gasteiger partial charge in [0.15, 0.2) is 0 Å². The van der Waals surface area contributed by atoms with Crippen LogP contribution in [0.3, 0.4) is 0 Å². The fraction of sp³-hybridized carbons (Fsp3) is 0.269. The highest BCUT2D eigenvalue weighted by Gasteiger charge is 2.42. The third kappa shape index (κ3) is 4.74. The largest absolute Gasteiger partial charge is 0.480 e. The van der Waals surface area contributed by atoms with Crippen LogP contribution in [0.2, 0.25) is 0 Å². The van der Waals surface area contributed by atoms with Gasteiger partial charge >= 0.3 is 5.97 Å². The molecule has 1 atom stereocenters. The van der Waals surface area contributed by atoms with Gasteiger partial charge in [0.25, 0.3) is 5.91 Å². The van der Waals surface area contributed by atoms with Crippen LogP contribution in [0.25, 0.3) is 10.9 Å². The van der Waals surface area contributed by atoms with Crippen molar-refractivity contribution >= 4 is 34.4 Å². The number of para-hydroxylation sites is 1. The van der Waals surface area contributed by atoms with E-state index in [9.17, 15) is 24.8 Å². The van der Waals surface area contributed by atoms with Gasteiger partial charge in [-0.3, -0.25) is 14.6 Å². The van der Waals surface area contributed by atoms with Crippen molar-refractivity contribution in [1.82, 2.24) is 10.3 Å². The number of fused-ring (bicyclic) bond motifs is 1. The highest BCUT2D eigenvalue weighted by atomic mass is 16.4. The van der Waals surface area contributed by atoms with Crippen molar-refractivity contribution in [1.29, 1.82) is 5.26 Å². The van der Waals surface area contributed by atoms with Crippen LogP contribution in [0.15, 0.2) is 60.8 Å². The first-order valence-electron chi connectivity index (χ1n) is 11.1. The van der Waals surface area contributed by atoms with Crippen molar-refractivity contribution in [3.8, 4) is 6.07 Å². The number of amides is 2. The molecule has 1 aliphatic rings. The van der Waals surface area contributed by atoms with Gasteiger partial charge < -0.3 is 15.7 Å². The fourth-order valence-electron chi connectivity index (χ4n) is 4.32. The normalized spacial score (nSPS) is 15.3. The molecule has 3 aromatic rings. The Morgan fingerprint density at radius 3 is 2.44 bits per heavy atom. The zero-order valence-corrected chi connectivity index (χ0v) is 18.5. The van der Waals surface area contributed by atoms with Gasteiger partial charge in [0.1, 0.15) is 11.5 Å². The summed E-state index contributed by atoms with van der Waals surface area (Å²) in [6.45, 7) is 0. The summed E-state index contributed by atoms with van der Waals surface area (Å²) in [7, 11) is 0. The molecule has 34 heavy (non-hydrogen) atoms. The molecule has 0 saturated heterocycles. The number of aromatic nitrogens is 1. The molecule has 4 rings (SSSR count). The van der Waals surface area contributed by atoms with E-state index in [4.69, 9.17) is 0 Å². The van der Waals surface area contributed by atoms with Crippen molar-refractivity contribution in [2.75, 3.05) is 5.32 Å². The van der Waals surface area contributed by atoms with Crippen LogP contribution in [0.1, 0.15) is 41.6 Å². The Labute approximate surface area is 196 Å². The summed E-state index contributed by atoms with van der Waals surface area (Å²) in [5, 5.41) is 25.2. The van der Waals surface area contributed by atoms with E-state index in [1.165, 1.54) is 0 Å². The number of carboxylic acid groups (broad SMARTS) is 1. The number of hydrogen-bond donors (Lipinski definition) is 3. The summed E-state index contributed by atoms with van der Waals surface area (Å²) in [5.41, 5.74) is 1.32. The maximum Gasteiger partial charge on any atom is 0.326 e. The molecule has 0 unspecified atom stereocenters. The Morgan fingerprint density at radius 1 is 1.06 bits per heavy atom. The van der Waals surface area contributed by atoms with Crippen LogP contribution in [0.4, 0.5) is 5.69 Å². The van der Waals surface area contributed by atoms with E-state index in [1.807, 2.05) is 24.3 Å². The fourth-order valence-corrected chi connectivity index (χ4v) is 4.32. The summed E-state index contributed by atoms with van der Waals surface area (Å²) in [6, 6.07) is 16.8. The molecule has 1 aliphatic carbocycles. The van der Waals surface area contributed by atoms with Crippen LogP contribution < -0.4 is 10.6 Å². The number of carboxylic acids is 1. The van der Waals surface area contributed by atoms with E-state index >= 15 is 0 Å². The lowest BCUT2D eigenvalue weighted by Gasteiger charge is -2.23. The molecule has 8 nitrogen and oxygen atoms in total. The van der Waals surface area contributed by atoms with Crippen molar-refractivity contribution in [3.05, 3.63) is 71.9 Å². The molecule has 172 valence electrons. The minimum absolute atomic E-state index is 0.0613. The smallest absolute Gasteiger partial charge is 0.326 e. The van der Waals surface area contributed by atoms with Crippen molar-refractivity contribution in [2.24, 2.45) is 5.41 Å². The minimum Gasteiger partial charge on any atom is -0.480 e. The lowest BCUT2D eigenvalue weighted by molar-refractivity contribution is -0.143. The number of nitrogens with zero attached hydrogens (tertiary/aromatic N) is 2. The maximum atomic E-state index is 12.8. The Balaban J connectivity index is 1.43. The van der Waals surface area contributed by atoms with Crippen molar-refractivity contribution in [3.63, 3.8) is 0 Å². The predicted molar refractivity (Wildman–Crippen MR) is 126 cm³/mol. The molecule has 2 amide bonds. The van der Waals surface area contributed by atoms with E-state index < -0.39 is 23.3 Å². The summed E-state index contributed by atoms with van der Waals surface area (Å²) in [5.74, 6) is -1.96. The highest BCUT2D eigenvalue weighted by molar-refractivity contribution is 6.12. The molecule has 2 aromatic carbocycles. The van der Waals surface area contributed by atoms with Crippen LogP contribution in [-0.2, 0) is 16.0 Å². The average Bonchev–Trinajstić information content (AvgIpc) is 3.35. The Kier molecular flexibility index (Phi) is 6.55. The summed E-state index contributed by atoms with van der Waals surface area (Å²) in [6.07, 6.45) is 4.10. The van der Waals surface area contributed by atoms with Gasteiger partial charge in [-0.1, -0.05) is 43.2 Å². The van der Waals surface area contributed by atoms with Gasteiger partial charge in [-0.25, -0.2) is 4.79 Å². The number of aliphatic carboxylic acids is 1. The first-order valence-corrected chi connectivity index (χ1v) is 11.1. The number of benzene rings is 2. The Bertz CT molecular complexity index is 1270. The molecule has 1 heterocycles.